The molecule has 0 aliphatic rings. The fourth-order valence-corrected chi connectivity index (χ4v) is 2.43. The molecule has 0 saturated heterocycles. The van der Waals surface area contributed by atoms with Gasteiger partial charge in [0.15, 0.2) is 0 Å². The number of benzene rings is 2. The zero-order chi connectivity index (χ0) is 12.7. The van der Waals surface area contributed by atoms with Crippen LogP contribution >= 0.6 is 15.9 Å². The van der Waals surface area contributed by atoms with Gasteiger partial charge in [-0.05, 0) is 37.1 Å². The van der Waals surface area contributed by atoms with Gasteiger partial charge in [0.1, 0.15) is 5.82 Å². The van der Waals surface area contributed by atoms with E-state index < -0.39 is 0 Å². The third kappa shape index (κ3) is 1.85. The normalized spacial score (nSPS) is 11.1. The molecular weight excluding hydrogens is 288 g/mol. The molecule has 1 aromatic heterocycles. The fraction of sp³-hybridized carbons (Fsp3) is 0.133. The highest BCUT2D eigenvalue weighted by atomic mass is 79.9. The average molecular weight is 301 g/mol. The van der Waals surface area contributed by atoms with E-state index in [0.717, 1.165) is 26.9 Å². The molecule has 1 heterocycles. The van der Waals surface area contributed by atoms with Crippen molar-refractivity contribution in [1.82, 2.24) is 9.97 Å². The summed E-state index contributed by atoms with van der Waals surface area (Å²) >= 11 is 3.56. The SMILES string of the molecule is Cc1ccc(-c2nc3c(C)cccc3[nH]2)cc1Br. The first-order valence-corrected chi connectivity index (χ1v) is 6.66. The summed E-state index contributed by atoms with van der Waals surface area (Å²) in [6, 6.07) is 12.5. The Bertz CT molecular complexity index is 728. The summed E-state index contributed by atoms with van der Waals surface area (Å²) in [6.07, 6.45) is 0. The molecule has 3 rings (SSSR count). The molecule has 0 spiro atoms. The van der Waals surface area contributed by atoms with Crippen molar-refractivity contribution in [2.24, 2.45) is 0 Å². The number of rotatable bonds is 1. The second-order valence-corrected chi connectivity index (χ2v) is 5.37. The number of halogens is 1. The van der Waals surface area contributed by atoms with Crippen LogP contribution in [0.5, 0.6) is 0 Å². The lowest BCUT2D eigenvalue weighted by Gasteiger charge is -2.00. The molecule has 0 unspecified atom stereocenters. The molecule has 2 nitrogen and oxygen atoms in total. The van der Waals surface area contributed by atoms with E-state index in [1.54, 1.807) is 0 Å². The molecule has 3 aromatic rings. The first-order chi connectivity index (χ1) is 8.65. The van der Waals surface area contributed by atoms with Crippen LogP contribution in [0, 0.1) is 13.8 Å². The predicted molar refractivity (Wildman–Crippen MR) is 78.7 cm³/mol. The van der Waals surface area contributed by atoms with Crippen LogP contribution in [-0.4, -0.2) is 9.97 Å². The summed E-state index contributed by atoms with van der Waals surface area (Å²) in [5.41, 5.74) is 5.65. The van der Waals surface area contributed by atoms with Gasteiger partial charge >= 0.3 is 0 Å². The molecule has 0 atom stereocenters. The maximum atomic E-state index is 4.68. The fourth-order valence-electron chi connectivity index (χ4n) is 2.05. The Morgan fingerprint density at radius 2 is 1.89 bits per heavy atom. The van der Waals surface area contributed by atoms with Gasteiger partial charge in [0.05, 0.1) is 11.0 Å². The van der Waals surface area contributed by atoms with Crippen LogP contribution in [-0.2, 0) is 0 Å². The lowest BCUT2D eigenvalue weighted by atomic mass is 10.1. The highest BCUT2D eigenvalue weighted by molar-refractivity contribution is 9.10. The number of aromatic nitrogens is 2. The average Bonchev–Trinajstić information content (AvgIpc) is 2.78. The summed E-state index contributed by atoms with van der Waals surface area (Å²) in [6.45, 7) is 4.16. The molecule has 1 N–H and O–H groups in total. The van der Waals surface area contributed by atoms with Crippen molar-refractivity contribution >= 4 is 27.0 Å². The van der Waals surface area contributed by atoms with E-state index >= 15 is 0 Å². The standard InChI is InChI=1S/C15H13BrN2/c1-9-6-7-11(8-12(9)16)15-17-13-5-3-4-10(2)14(13)18-15/h3-8H,1-2H3,(H,17,18). The maximum Gasteiger partial charge on any atom is 0.138 e. The summed E-state index contributed by atoms with van der Waals surface area (Å²) in [5, 5.41) is 0. The first-order valence-electron chi connectivity index (χ1n) is 5.87. The van der Waals surface area contributed by atoms with Gasteiger partial charge in [0, 0.05) is 10.0 Å². The summed E-state index contributed by atoms with van der Waals surface area (Å²) < 4.78 is 1.11. The Balaban J connectivity index is 2.19. The van der Waals surface area contributed by atoms with E-state index in [1.165, 1.54) is 11.1 Å². The lowest BCUT2D eigenvalue weighted by molar-refractivity contribution is 1.31. The molecule has 0 amide bonds. The highest BCUT2D eigenvalue weighted by Gasteiger charge is 2.07. The summed E-state index contributed by atoms with van der Waals surface area (Å²) in [7, 11) is 0. The Hall–Kier alpha value is -1.61. The minimum Gasteiger partial charge on any atom is -0.338 e. The van der Waals surface area contributed by atoms with Crippen LogP contribution in [0.3, 0.4) is 0 Å². The first kappa shape index (κ1) is 11.5. The van der Waals surface area contributed by atoms with Gasteiger partial charge in [0.25, 0.3) is 0 Å². The number of fused-ring (bicyclic) bond motifs is 1. The topological polar surface area (TPSA) is 28.7 Å². The molecule has 0 aliphatic carbocycles. The van der Waals surface area contributed by atoms with E-state index in [2.05, 4.69) is 70.1 Å². The smallest absolute Gasteiger partial charge is 0.138 e. The van der Waals surface area contributed by atoms with Crippen LogP contribution in [0.2, 0.25) is 0 Å². The number of aryl methyl sites for hydroxylation is 2. The van der Waals surface area contributed by atoms with Gasteiger partial charge in [-0.25, -0.2) is 4.98 Å². The van der Waals surface area contributed by atoms with Crippen LogP contribution in [0.1, 0.15) is 11.1 Å². The van der Waals surface area contributed by atoms with E-state index in [0.29, 0.717) is 0 Å². The number of aromatic amines is 1. The van der Waals surface area contributed by atoms with Crippen molar-refractivity contribution in [3.05, 3.63) is 52.0 Å². The van der Waals surface area contributed by atoms with Crippen molar-refractivity contribution in [3.63, 3.8) is 0 Å². The van der Waals surface area contributed by atoms with Crippen LogP contribution in [0.15, 0.2) is 40.9 Å². The Labute approximate surface area is 114 Å². The molecule has 0 radical (unpaired) electrons. The van der Waals surface area contributed by atoms with Gasteiger partial charge in [-0.2, -0.15) is 0 Å². The van der Waals surface area contributed by atoms with Gasteiger partial charge in [-0.15, -0.1) is 0 Å². The summed E-state index contributed by atoms with van der Waals surface area (Å²) in [4.78, 5) is 8.04. The minimum absolute atomic E-state index is 0.917. The lowest BCUT2D eigenvalue weighted by Crippen LogP contribution is -1.82. The number of H-pyrrole nitrogens is 1. The quantitative estimate of drug-likeness (QED) is 0.698. The number of imidazole rings is 1. The Kier molecular flexibility index (Phi) is 2.71. The maximum absolute atomic E-state index is 4.68. The predicted octanol–water partition coefficient (Wildman–Crippen LogP) is 4.61. The van der Waals surface area contributed by atoms with Crippen molar-refractivity contribution in [2.45, 2.75) is 13.8 Å². The summed E-state index contributed by atoms with van der Waals surface area (Å²) in [5.74, 6) is 0.917. The molecule has 18 heavy (non-hydrogen) atoms. The van der Waals surface area contributed by atoms with E-state index in [-0.39, 0.29) is 0 Å². The van der Waals surface area contributed by atoms with Crippen molar-refractivity contribution in [3.8, 4) is 11.4 Å². The molecule has 3 heteroatoms. The Morgan fingerprint density at radius 1 is 1.06 bits per heavy atom. The third-order valence-corrected chi connectivity index (χ3v) is 4.01. The number of nitrogens with one attached hydrogen (secondary N) is 1. The molecule has 2 aromatic carbocycles. The number of hydrogen-bond acceptors (Lipinski definition) is 1. The van der Waals surface area contributed by atoms with Gasteiger partial charge < -0.3 is 4.98 Å². The number of para-hydroxylation sites is 1. The van der Waals surface area contributed by atoms with Gasteiger partial charge in [-0.3, -0.25) is 0 Å². The number of nitrogens with zero attached hydrogens (tertiary/aromatic N) is 1. The zero-order valence-electron chi connectivity index (χ0n) is 10.3. The second kappa shape index (κ2) is 4.25. The van der Waals surface area contributed by atoms with E-state index in [1.807, 2.05) is 6.07 Å². The largest absolute Gasteiger partial charge is 0.338 e. The molecule has 0 bridgehead atoms. The van der Waals surface area contributed by atoms with Gasteiger partial charge in [0.2, 0.25) is 0 Å². The van der Waals surface area contributed by atoms with Crippen molar-refractivity contribution in [1.29, 1.82) is 0 Å². The highest BCUT2D eigenvalue weighted by Crippen LogP contribution is 2.26. The Morgan fingerprint density at radius 3 is 2.61 bits per heavy atom. The van der Waals surface area contributed by atoms with Crippen molar-refractivity contribution in [2.75, 3.05) is 0 Å². The third-order valence-electron chi connectivity index (χ3n) is 3.16. The molecule has 0 aliphatic heterocycles. The van der Waals surface area contributed by atoms with Crippen LogP contribution in [0.25, 0.3) is 22.4 Å². The number of hydrogen-bond donors (Lipinski definition) is 1. The van der Waals surface area contributed by atoms with Gasteiger partial charge in [-0.1, -0.05) is 40.2 Å². The molecular formula is C15H13BrN2. The molecule has 0 fully saturated rings. The van der Waals surface area contributed by atoms with E-state index in [4.69, 9.17) is 0 Å². The van der Waals surface area contributed by atoms with Crippen molar-refractivity contribution < 1.29 is 0 Å². The second-order valence-electron chi connectivity index (χ2n) is 4.52. The van der Waals surface area contributed by atoms with Crippen LogP contribution in [0.4, 0.5) is 0 Å². The molecule has 0 saturated carbocycles. The minimum atomic E-state index is 0.917. The monoisotopic (exact) mass is 300 g/mol. The molecule has 90 valence electrons. The zero-order valence-corrected chi connectivity index (χ0v) is 11.9. The van der Waals surface area contributed by atoms with E-state index in [9.17, 15) is 0 Å². The van der Waals surface area contributed by atoms with Crippen LogP contribution < -0.4 is 0 Å².